The maximum Gasteiger partial charge on any atom is 0.359 e. The fourth-order valence-electron chi connectivity index (χ4n) is 4.52. The van der Waals surface area contributed by atoms with Gasteiger partial charge in [-0.2, -0.15) is 5.26 Å². The quantitative estimate of drug-likeness (QED) is 0.0883. The minimum absolute atomic E-state index is 0.0243. The van der Waals surface area contributed by atoms with E-state index in [0.29, 0.717) is 0 Å². The van der Waals surface area contributed by atoms with Crippen molar-refractivity contribution >= 4 is 28.1 Å². The number of carbonyl (C=O) groups is 2. The van der Waals surface area contributed by atoms with Crippen molar-refractivity contribution < 1.29 is 50.9 Å². The molecule has 0 aliphatic carbocycles. The van der Waals surface area contributed by atoms with E-state index in [1.54, 1.807) is 41.5 Å². The van der Waals surface area contributed by atoms with E-state index in [4.69, 9.17) is 37.6 Å². The molecule has 16 nitrogen and oxygen atoms in total. The zero-order chi connectivity index (χ0) is 38.9. The SMILES string of the molecule is CC(C)N(C(C)C)P(OCCC#N)O[C@@H]1[C@@H](/C=C\P(=O)(OCOC(=O)C(C)(C)C)OCOC(=O)C(C)(C)C)O[C@@H](n2ccc(=O)[nH]c2=O)[C@]1(C)F. The van der Waals surface area contributed by atoms with E-state index in [0.717, 1.165) is 35.6 Å². The summed E-state index contributed by atoms with van der Waals surface area (Å²) in [5.41, 5.74) is -6.01. The van der Waals surface area contributed by atoms with Gasteiger partial charge in [0.05, 0.1) is 29.9 Å². The molecule has 1 unspecified atom stereocenters. The van der Waals surface area contributed by atoms with E-state index in [2.05, 4.69) is 4.98 Å². The summed E-state index contributed by atoms with van der Waals surface area (Å²) in [6.07, 6.45) is -2.42. The molecule has 0 radical (unpaired) electrons. The molecule has 2 rings (SSSR count). The van der Waals surface area contributed by atoms with Gasteiger partial charge < -0.3 is 23.3 Å². The second-order valence-electron chi connectivity index (χ2n) is 14.4. The van der Waals surface area contributed by atoms with Crippen molar-refractivity contribution in [3.05, 3.63) is 45.0 Å². The number of hydrogen-bond donors (Lipinski definition) is 1. The first-order chi connectivity index (χ1) is 23.4. The molecule has 19 heteroatoms. The summed E-state index contributed by atoms with van der Waals surface area (Å²) in [5.74, 6) is -0.423. The minimum Gasteiger partial charge on any atom is -0.438 e. The van der Waals surface area contributed by atoms with Crippen LogP contribution in [0.4, 0.5) is 4.39 Å². The van der Waals surface area contributed by atoms with Crippen molar-refractivity contribution in [1.29, 1.82) is 5.26 Å². The normalized spacial score (nSPS) is 22.1. The molecule has 0 amide bonds. The fraction of sp³-hybridized carbons (Fsp3) is 0.719. The fourth-order valence-corrected chi connectivity index (χ4v) is 7.37. The van der Waals surface area contributed by atoms with Gasteiger partial charge in [0.1, 0.15) is 12.2 Å². The van der Waals surface area contributed by atoms with Crippen LogP contribution >= 0.6 is 16.1 Å². The molecule has 1 aromatic heterocycles. The van der Waals surface area contributed by atoms with Gasteiger partial charge in [-0.1, -0.05) is 0 Å². The molecule has 1 aliphatic heterocycles. The van der Waals surface area contributed by atoms with Crippen LogP contribution in [0.15, 0.2) is 33.7 Å². The van der Waals surface area contributed by atoms with Crippen LogP contribution in [0.1, 0.15) is 88.8 Å². The lowest BCUT2D eigenvalue weighted by Gasteiger charge is -2.38. The number of halogens is 1. The molecule has 5 atom stereocenters. The van der Waals surface area contributed by atoms with Gasteiger partial charge in [0.2, 0.25) is 13.6 Å². The van der Waals surface area contributed by atoms with E-state index in [1.165, 1.54) is 0 Å². The number of ether oxygens (including phenoxy) is 3. The van der Waals surface area contributed by atoms with Crippen LogP contribution < -0.4 is 11.2 Å². The van der Waals surface area contributed by atoms with Crippen LogP contribution in [0.25, 0.3) is 0 Å². The Morgan fingerprint density at radius 1 is 1.10 bits per heavy atom. The number of nitrogens with one attached hydrogen (secondary N) is 1. The third-order valence-electron chi connectivity index (χ3n) is 7.12. The molecule has 1 fully saturated rings. The first-order valence-corrected chi connectivity index (χ1v) is 19.0. The van der Waals surface area contributed by atoms with Gasteiger partial charge >= 0.3 is 25.2 Å². The van der Waals surface area contributed by atoms with Crippen LogP contribution in [0.2, 0.25) is 0 Å². The zero-order valence-corrected chi connectivity index (χ0v) is 32.8. The Kier molecular flexibility index (Phi) is 15.9. The number of carbonyl (C=O) groups excluding carboxylic acids is 2. The molecule has 1 aromatic rings. The second-order valence-corrected chi connectivity index (χ2v) is 17.7. The van der Waals surface area contributed by atoms with E-state index in [-0.39, 0.29) is 25.1 Å². The Morgan fingerprint density at radius 3 is 2.08 bits per heavy atom. The zero-order valence-electron chi connectivity index (χ0n) is 31.0. The lowest BCUT2D eigenvalue weighted by molar-refractivity contribution is -0.161. The van der Waals surface area contributed by atoms with Crippen molar-refractivity contribution in [2.45, 2.75) is 119 Å². The molecular formula is C32H51FN4O12P2. The van der Waals surface area contributed by atoms with E-state index >= 15 is 4.39 Å². The molecule has 1 N–H and O–H groups in total. The molecule has 1 saturated heterocycles. The van der Waals surface area contributed by atoms with Gasteiger partial charge in [0, 0.05) is 30.2 Å². The van der Waals surface area contributed by atoms with Gasteiger partial charge in [0.25, 0.3) is 14.1 Å². The van der Waals surface area contributed by atoms with Crippen molar-refractivity contribution in [2.24, 2.45) is 10.8 Å². The Balaban J connectivity index is 2.60. The summed E-state index contributed by atoms with van der Waals surface area (Å²) < 4.78 is 73.1. The predicted octanol–water partition coefficient (Wildman–Crippen LogP) is 5.66. The van der Waals surface area contributed by atoms with Gasteiger partial charge in [-0.25, -0.2) is 13.9 Å². The minimum atomic E-state index is -4.45. The van der Waals surface area contributed by atoms with E-state index in [1.807, 2.05) is 38.4 Å². The Bertz CT molecular complexity index is 1530. The topological polar surface area (TPSA) is 198 Å². The Labute approximate surface area is 299 Å². The van der Waals surface area contributed by atoms with Crippen LogP contribution in [-0.2, 0) is 46.5 Å². The first kappa shape index (κ1) is 44.4. The monoisotopic (exact) mass is 764 g/mol. The van der Waals surface area contributed by atoms with Crippen LogP contribution in [-0.4, -0.2) is 76.3 Å². The van der Waals surface area contributed by atoms with E-state index < -0.39 is 87.8 Å². The lowest BCUT2D eigenvalue weighted by atomic mass is 9.98. The number of rotatable bonds is 17. The molecule has 288 valence electrons. The number of nitrogens with zero attached hydrogens (tertiary/aromatic N) is 3. The predicted molar refractivity (Wildman–Crippen MR) is 185 cm³/mol. The van der Waals surface area contributed by atoms with Crippen molar-refractivity contribution in [2.75, 3.05) is 20.2 Å². The lowest BCUT2D eigenvalue weighted by Crippen LogP contribution is -2.45. The summed E-state index contributed by atoms with van der Waals surface area (Å²) in [4.78, 5) is 51.3. The van der Waals surface area contributed by atoms with Crippen LogP contribution in [0.5, 0.6) is 0 Å². The number of H-pyrrole nitrogens is 1. The second kappa shape index (κ2) is 18.3. The van der Waals surface area contributed by atoms with Crippen LogP contribution in [0.3, 0.4) is 0 Å². The van der Waals surface area contributed by atoms with Crippen LogP contribution in [0, 0.1) is 22.2 Å². The maximum absolute atomic E-state index is 17.1. The molecule has 0 bridgehead atoms. The number of alkyl halides is 1. The summed E-state index contributed by atoms with van der Waals surface area (Å²) in [7, 11) is -6.52. The van der Waals surface area contributed by atoms with Gasteiger partial charge in [0.15, 0.2) is 11.9 Å². The van der Waals surface area contributed by atoms with Crippen molar-refractivity contribution in [3.8, 4) is 6.07 Å². The molecular weight excluding hydrogens is 713 g/mol. The summed E-state index contributed by atoms with van der Waals surface area (Å²) in [6.45, 7) is 16.6. The first-order valence-electron chi connectivity index (χ1n) is 16.3. The highest BCUT2D eigenvalue weighted by atomic mass is 31.2. The molecule has 0 aromatic carbocycles. The van der Waals surface area contributed by atoms with E-state index in [9.17, 15) is 23.7 Å². The largest absolute Gasteiger partial charge is 0.438 e. The summed E-state index contributed by atoms with van der Waals surface area (Å²) in [6, 6.07) is 2.69. The summed E-state index contributed by atoms with van der Waals surface area (Å²) in [5, 5.41) is 9.13. The number of esters is 2. The highest BCUT2D eigenvalue weighted by Gasteiger charge is 2.57. The number of nitriles is 1. The van der Waals surface area contributed by atoms with Gasteiger partial charge in [-0.05, 0) is 82.2 Å². The van der Waals surface area contributed by atoms with Crippen molar-refractivity contribution in [3.63, 3.8) is 0 Å². The maximum atomic E-state index is 17.1. The third kappa shape index (κ3) is 12.7. The van der Waals surface area contributed by atoms with Crippen molar-refractivity contribution in [1.82, 2.24) is 14.2 Å². The molecule has 0 saturated carbocycles. The number of aromatic amines is 1. The highest BCUT2D eigenvalue weighted by molar-refractivity contribution is 7.57. The average Bonchev–Trinajstić information content (AvgIpc) is 3.23. The van der Waals surface area contributed by atoms with Gasteiger partial charge in [-0.3, -0.25) is 37.5 Å². The molecule has 51 heavy (non-hydrogen) atoms. The molecule has 0 spiro atoms. The highest BCUT2D eigenvalue weighted by Crippen LogP contribution is 2.55. The summed E-state index contributed by atoms with van der Waals surface area (Å²) >= 11 is 0. The number of hydrogen-bond acceptors (Lipinski definition) is 14. The molecule has 1 aliphatic rings. The number of aromatic nitrogens is 2. The Morgan fingerprint density at radius 2 is 1.63 bits per heavy atom. The smallest absolute Gasteiger partial charge is 0.359 e. The Hall–Kier alpha value is -2.80. The average molecular weight is 765 g/mol. The standard InChI is InChI=1S/C32H51FN4O12P2/c1-21(2)37(22(3)4)50(45-17-12-15-34)49-25-23(48-26(32(25,11)33)36-16-13-24(38)35-29(36)41)14-18-51(42,46-19-43-27(39)30(5,6)7)47-20-44-28(40)31(8,9)10/h13-14,16,18,21-23,25-26H,12,17,19-20H2,1-11H3,(H,35,38,41)/b18-14-/t23-,25-,26-,32-,50?/m1/s1. The molecule has 2 heterocycles. The van der Waals surface area contributed by atoms with Gasteiger partial charge in [-0.15, -0.1) is 0 Å². The third-order valence-corrected chi connectivity index (χ3v) is 10.7.